The zero-order chi connectivity index (χ0) is 17.9. The van der Waals surface area contributed by atoms with Crippen molar-refractivity contribution in [1.82, 2.24) is 15.0 Å². The summed E-state index contributed by atoms with van der Waals surface area (Å²) in [5.74, 6) is 0.993. The van der Waals surface area contributed by atoms with E-state index >= 15 is 0 Å². The second-order valence-electron chi connectivity index (χ2n) is 6.68. The maximum absolute atomic E-state index is 12.3. The predicted molar refractivity (Wildman–Crippen MR) is 103 cm³/mol. The molecule has 3 heterocycles. The van der Waals surface area contributed by atoms with E-state index in [1.165, 1.54) is 6.33 Å². The van der Waals surface area contributed by atoms with E-state index in [-0.39, 0.29) is 12.1 Å². The number of hydrogen-bond donors (Lipinski definition) is 4. The van der Waals surface area contributed by atoms with Crippen LogP contribution in [0.3, 0.4) is 0 Å². The Morgan fingerprint density at radius 1 is 1.27 bits per heavy atom. The fourth-order valence-corrected chi connectivity index (χ4v) is 4.60. The van der Waals surface area contributed by atoms with Crippen LogP contribution in [0.4, 0.5) is 15.6 Å². The number of fused-ring (bicyclic) bond motifs is 1. The molecule has 1 fully saturated rings. The number of aromatic amines is 1. The fourth-order valence-electron chi connectivity index (χ4n) is 3.51. The number of H-pyrrole nitrogens is 1. The highest BCUT2D eigenvalue weighted by Crippen LogP contribution is 2.39. The molecule has 0 spiro atoms. The molecule has 0 atom stereocenters. The van der Waals surface area contributed by atoms with E-state index in [2.05, 4.69) is 25.6 Å². The molecular weight excluding hydrogens is 350 g/mol. The molecule has 0 unspecified atom stereocenters. The highest BCUT2D eigenvalue weighted by Gasteiger charge is 2.23. The third-order valence-corrected chi connectivity index (χ3v) is 5.97. The van der Waals surface area contributed by atoms with Crippen molar-refractivity contribution < 1.29 is 9.90 Å². The Balaban J connectivity index is 1.51. The molecule has 2 amide bonds. The van der Waals surface area contributed by atoms with Crippen LogP contribution >= 0.6 is 11.3 Å². The summed E-state index contributed by atoms with van der Waals surface area (Å²) in [6.45, 7) is 0. The minimum absolute atomic E-state index is 0.157. The van der Waals surface area contributed by atoms with Crippen LogP contribution in [0.15, 0.2) is 30.9 Å². The number of nitrogens with zero attached hydrogens (tertiary/aromatic N) is 2. The number of amides is 2. The normalized spacial score (nSPS) is 20.2. The number of nitrogens with one attached hydrogen (secondary N) is 3. The molecule has 0 aromatic carbocycles. The van der Waals surface area contributed by atoms with E-state index in [1.807, 2.05) is 12.3 Å². The molecule has 1 aliphatic carbocycles. The van der Waals surface area contributed by atoms with Gasteiger partial charge in [-0.15, -0.1) is 11.3 Å². The Hall–Kier alpha value is -2.45. The first-order valence-electron chi connectivity index (χ1n) is 8.80. The van der Waals surface area contributed by atoms with Crippen LogP contribution in [0, 0.1) is 5.92 Å². The van der Waals surface area contributed by atoms with Gasteiger partial charge in [0.05, 0.1) is 16.3 Å². The van der Waals surface area contributed by atoms with Gasteiger partial charge >= 0.3 is 6.03 Å². The molecule has 4 N–H and O–H groups in total. The Morgan fingerprint density at radius 3 is 2.88 bits per heavy atom. The largest absolute Gasteiger partial charge is 0.393 e. The van der Waals surface area contributed by atoms with Gasteiger partial charge in [0.1, 0.15) is 17.1 Å². The van der Waals surface area contributed by atoms with Gasteiger partial charge in [-0.25, -0.2) is 14.8 Å². The molecule has 8 heteroatoms. The summed E-state index contributed by atoms with van der Waals surface area (Å²) in [6.07, 6.45) is 9.41. The van der Waals surface area contributed by atoms with Crippen molar-refractivity contribution in [2.75, 3.05) is 10.6 Å². The van der Waals surface area contributed by atoms with Crippen LogP contribution in [-0.2, 0) is 6.42 Å². The molecule has 0 saturated heterocycles. The molecule has 3 aromatic heterocycles. The van der Waals surface area contributed by atoms with Crippen LogP contribution in [0.25, 0.3) is 10.2 Å². The van der Waals surface area contributed by atoms with Crippen LogP contribution in [0.5, 0.6) is 0 Å². The van der Waals surface area contributed by atoms with E-state index < -0.39 is 0 Å². The zero-order valence-corrected chi connectivity index (χ0v) is 15.1. The van der Waals surface area contributed by atoms with Crippen molar-refractivity contribution in [3.63, 3.8) is 0 Å². The van der Waals surface area contributed by atoms with Crippen molar-refractivity contribution in [3.05, 3.63) is 36.4 Å². The Morgan fingerprint density at radius 2 is 2.12 bits per heavy atom. The van der Waals surface area contributed by atoms with Gasteiger partial charge in [0.25, 0.3) is 0 Å². The van der Waals surface area contributed by atoms with Gasteiger partial charge in [-0.05, 0) is 50.2 Å². The van der Waals surface area contributed by atoms with Crippen molar-refractivity contribution in [2.45, 2.75) is 38.2 Å². The molecule has 3 aromatic rings. The van der Waals surface area contributed by atoms with Gasteiger partial charge in [-0.3, -0.25) is 10.6 Å². The average Bonchev–Trinajstić information content (AvgIpc) is 3.20. The summed E-state index contributed by atoms with van der Waals surface area (Å²) in [4.78, 5) is 23.5. The number of urea groups is 1. The zero-order valence-electron chi connectivity index (χ0n) is 14.2. The van der Waals surface area contributed by atoms with Gasteiger partial charge in [0.2, 0.25) is 0 Å². The van der Waals surface area contributed by atoms with E-state index in [0.717, 1.165) is 52.9 Å². The SMILES string of the molecule is O=C(Nc1ccncn1)Nc1sc2cc[nH]c2c1CC1CCC(O)CC1. The number of aliphatic hydroxyl groups excluding tert-OH is 1. The third-order valence-electron chi connectivity index (χ3n) is 4.86. The smallest absolute Gasteiger partial charge is 0.325 e. The van der Waals surface area contributed by atoms with Gasteiger partial charge in [-0.2, -0.15) is 0 Å². The number of hydrogen-bond acceptors (Lipinski definition) is 5. The van der Waals surface area contributed by atoms with Crippen LogP contribution in [0.2, 0.25) is 0 Å². The van der Waals surface area contributed by atoms with E-state index in [9.17, 15) is 9.90 Å². The summed E-state index contributed by atoms with van der Waals surface area (Å²) < 4.78 is 1.13. The molecule has 1 saturated carbocycles. The maximum atomic E-state index is 12.3. The molecule has 0 radical (unpaired) electrons. The summed E-state index contributed by atoms with van der Waals surface area (Å²) >= 11 is 1.57. The summed E-state index contributed by atoms with van der Waals surface area (Å²) in [6, 6.07) is 3.36. The molecule has 7 nitrogen and oxygen atoms in total. The number of thiophene rings is 1. The van der Waals surface area contributed by atoms with E-state index in [1.54, 1.807) is 23.6 Å². The second kappa shape index (κ2) is 7.43. The summed E-state index contributed by atoms with van der Waals surface area (Å²) in [5, 5.41) is 16.3. The average molecular weight is 371 g/mol. The first-order chi connectivity index (χ1) is 12.7. The van der Waals surface area contributed by atoms with Crippen molar-refractivity contribution in [1.29, 1.82) is 0 Å². The maximum Gasteiger partial charge on any atom is 0.325 e. The number of carbonyl (C=O) groups is 1. The van der Waals surface area contributed by atoms with Gasteiger partial charge in [-0.1, -0.05) is 0 Å². The quantitative estimate of drug-likeness (QED) is 0.561. The lowest BCUT2D eigenvalue weighted by Crippen LogP contribution is -2.22. The minimum Gasteiger partial charge on any atom is -0.393 e. The second-order valence-corrected chi connectivity index (χ2v) is 7.73. The number of aromatic nitrogens is 3. The highest BCUT2D eigenvalue weighted by molar-refractivity contribution is 7.23. The van der Waals surface area contributed by atoms with Crippen LogP contribution < -0.4 is 10.6 Å². The number of anilines is 2. The summed E-state index contributed by atoms with van der Waals surface area (Å²) in [7, 11) is 0. The molecule has 0 aliphatic heterocycles. The molecule has 1 aliphatic rings. The molecule has 0 bridgehead atoms. The van der Waals surface area contributed by atoms with E-state index in [4.69, 9.17) is 0 Å². The van der Waals surface area contributed by atoms with Crippen LogP contribution in [-0.4, -0.2) is 32.2 Å². The number of rotatable bonds is 4. The third kappa shape index (κ3) is 3.71. The highest BCUT2D eigenvalue weighted by atomic mass is 32.1. The lowest BCUT2D eigenvalue weighted by atomic mass is 9.83. The van der Waals surface area contributed by atoms with Gasteiger partial charge in [0.15, 0.2) is 0 Å². The fraction of sp³-hybridized carbons (Fsp3) is 0.389. The van der Waals surface area contributed by atoms with Gasteiger partial charge in [0, 0.05) is 18.0 Å². The molecular formula is C18H21N5O2S. The molecule has 4 rings (SSSR count). The number of carbonyl (C=O) groups excluding carboxylic acids is 1. The van der Waals surface area contributed by atoms with E-state index in [0.29, 0.717) is 11.7 Å². The first-order valence-corrected chi connectivity index (χ1v) is 9.61. The van der Waals surface area contributed by atoms with Gasteiger partial charge < -0.3 is 10.1 Å². The first kappa shape index (κ1) is 17.0. The lowest BCUT2D eigenvalue weighted by Gasteiger charge is -2.25. The minimum atomic E-state index is -0.312. The molecule has 26 heavy (non-hydrogen) atoms. The Kier molecular flexibility index (Phi) is 4.85. The predicted octanol–water partition coefficient (Wildman–Crippen LogP) is 3.76. The van der Waals surface area contributed by atoms with Crippen molar-refractivity contribution >= 4 is 38.4 Å². The molecule has 136 valence electrons. The standard InChI is InChI=1S/C18H21N5O2S/c24-12-3-1-11(2-4-12)9-13-16-14(5-8-20-16)26-17(13)23-18(25)22-15-6-7-19-10-21-15/h5-8,10-12,20,24H,1-4,9H2,(H2,19,21,22,23,25). The van der Waals surface area contributed by atoms with Crippen molar-refractivity contribution in [2.24, 2.45) is 5.92 Å². The monoisotopic (exact) mass is 371 g/mol. The topological polar surface area (TPSA) is 103 Å². The summed E-state index contributed by atoms with van der Waals surface area (Å²) in [5.41, 5.74) is 2.24. The Labute approximate surface area is 154 Å². The Bertz CT molecular complexity index is 884. The van der Waals surface area contributed by atoms with Crippen molar-refractivity contribution in [3.8, 4) is 0 Å². The lowest BCUT2D eigenvalue weighted by molar-refractivity contribution is 0.109. The number of aliphatic hydroxyl groups is 1. The van der Waals surface area contributed by atoms with Crippen LogP contribution in [0.1, 0.15) is 31.2 Å².